The van der Waals surface area contributed by atoms with Crippen molar-refractivity contribution in [3.05, 3.63) is 23.8 Å². The third-order valence-electron chi connectivity index (χ3n) is 1.92. The van der Waals surface area contributed by atoms with Crippen LogP contribution < -0.4 is 15.9 Å². The highest BCUT2D eigenvalue weighted by Gasteiger charge is 2.14. The van der Waals surface area contributed by atoms with Crippen LogP contribution in [-0.2, 0) is 0 Å². The number of ether oxygens (including phenoxy) is 1. The minimum absolute atomic E-state index is 0.185. The van der Waals surface area contributed by atoms with E-state index in [0.717, 1.165) is 12.1 Å². The smallest absolute Gasteiger partial charge is 0.201 e. The Morgan fingerprint density at radius 2 is 2.22 bits per heavy atom. The minimum Gasteiger partial charge on any atom is -0.494 e. The fraction of sp³-hybridized carbons (Fsp3) is 0.100. The highest BCUT2D eigenvalue weighted by atomic mass is 19.1. The van der Waals surface area contributed by atoms with Crippen LogP contribution in [0.25, 0.3) is 0 Å². The Kier molecular flexibility index (Phi) is 4.15. The Morgan fingerprint density at radius 3 is 2.72 bits per heavy atom. The van der Waals surface area contributed by atoms with Crippen molar-refractivity contribution in [1.29, 1.82) is 10.7 Å². The molecule has 0 radical (unpaired) electrons. The molecule has 94 valence electrons. The molecule has 0 amide bonds. The number of nitrogens with one attached hydrogen (secondary N) is 2. The summed E-state index contributed by atoms with van der Waals surface area (Å²) in [5.74, 6) is -2.72. The van der Waals surface area contributed by atoms with Crippen molar-refractivity contribution in [2.24, 2.45) is 10.8 Å². The Hall–Kier alpha value is -2.69. The van der Waals surface area contributed by atoms with Gasteiger partial charge in [-0.3, -0.25) is 10.8 Å². The highest BCUT2D eigenvalue weighted by molar-refractivity contribution is 6.45. The third kappa shape index (κ3) is 2.70. The average Bonchev–Trinajstić information content (AvgIpc) is 2.33. The summed E-state index contributed by atoms with van der Waals surface area (Å²) in [5.41, 5.74) is 5.94. The van der Waals surface area contributed by atoms with Gasteiger partial charge in [0.25, 0.3) is 0 Å². The fourth-order valence-corrected chi connectivity index (χ4v) is 1.05. The van der Waals surface area contributed by atoms with Gasteiger partial charge in [-0.1, -0.05) is 0 Å². The van der Waals surface area contributed by atoms with Gasteiger partial charge in [-0.2, -0.15) is 10.4 Å². The molecule has 0 saturated carbocycles. The number of nitriles is 1. The van der Waals surface area contributed by atoms with E-state index in [9.17, 15) is 8.78 Å². The van der Waals surface area contributed by atoms with Crippen molar-refractivity contribution >= 4 is 17.2 Å². The summed E-state index contributed by atoms with van der Waals surface area (Å²) in [7, 11) is 1.22. The van der Waals surface area contributed by atoms with Crippen molar-refractivity contribution in [3.8, 4) is 11.8 Å². The molecule has 0 aliphatic heterocycles. The van der Waals surface area contributed by atoms with Crippen molar-refractivity contribution in [1.82, 2.24) is 0 Å². The van der Waals surface area contributed by atoms with Gasteiger partial charge in [0.15, 0.2) is 23.2 Å². The van der Waals surface area contributed by atoms with Crippen LogP contribution in [0.5, 0.6) is 5.75 Å². The second-order valence-electron chi connectivity index (χ2n) is 3.04. The summed E-state index contributed by atoms with van der Waals surface area (Å²) < 4.78 is 31.6. The van der Waals surface area contributed by atoms with E-state index in [1.165, 1.54) is 13.2 Å². The molecule has 1 aromatic rings. The number of anilines is 1. The van der Waals surface area contributed by atoms with Gasteiger partial charge in [0.1, 0.15) is 11.8 Å². The first-order valence-electron chi connectivity index (χ1n) is 4.61. The van der Waals surface area contributed by atoms with Gasteiger partial charge >= 0.3 is 0 Å². The second kappa shape index (κ2) is 5.58. The van der Waals surface area contributed by atoms with E-state index in [4.69, 9.17) is 16.4 Å². The monoisotopic (exact) mass is 253 g/mol. The molecular weight excluding hydrogens is 244 g/mol. The van der Waals surface area contributed by atoms with Crippen LogP contribution in [0.15, 0.2) is 17.2 Å². The zero-order valence-electron chi connectivity index (χ0n) is 9.29. The van der Waals surface area contributed by atoms with E-state index >= 15 is 0 Å². The molecule has 6 nitrogen and oxygen atoms in total. The molecule has 1 aromatic carbocycles. The summed E-state index contributed by atoms with van der Waals surface area (Å²) in [6.07, 6.45) is 0. The number of halogens is 2. The number of nitrogens with zero attached hydrogens (tertiary/aromatic N) is 2. The van der Waals surface area contributed by atoms with Gasteiger partial charge in [-0.15, -0.1) is 0 Å². The van der Waals surface area contributed by atoms with Crippen molar-refractivity contribution in [2.75, 3.05) is 12.5 Å². The number of hydrogen-bond donors (Lipinski definition) is 3. The summed E-state index contributed by atoms with van der Waals surface area (Å²) in [6.45, 7) is 0. The van der Waals surface area contributed by atoms with Gasteiger partial charge in [0.05, 0.1) is 7.11 Å². The summed E-state index contributed by atoms with van der Waals surface area (Å²) in [5, 5.41) is 18.9. The van der Waals surface area contributed by atoms with Crippen LogP contribution in [0, 0.1) is 28.4 Å². The number of hydrazone groups is 1. The van der Waals surface area contributed by atoms with E-state index in [1.807, 2.05) is 5.43 Å². The summed E-state index contributed by atoms with van der Waals surface area (Å²) >= 11 is 0. The van der Waals surface area contributed by atoms with Gasteiger partial charge in [-0.25, -0.2) is 8.78 Å². The van der Waals surface area contributed by atoms with Gasteiger partial charge < -0.3 is 10.5 Å². The number of nitrogens with two attached hydrogens (primary N) is 1. The molecule has 0 aromatic heterocycles. The minimum atomic E-state index is -0.998. The molecule has 0 bridgehead atoms. The van der Waals surface area contributed by atoms with Gasteiger partial charge in [0, 0.05) is 0 Å². The van der Waals surface area contributed by atoms with Crippen LogP contribution in [-0.4, -0.2) is 18.7 Å². The molecule has 0 spiro atoms. The first-order valence-corrected chi connectivity index (χ1v) is 4.61. The number of amidine groups is 1. The van der Waals surface area contributed by atoms with Crippen molar-refractivity contribution in [3.63, 3.8) is 0 Å². The maximum Gasteiger partial charge on any atom is 0.201 e. The Balaban J connectivity index is 3.12. The Labute approximate surface area is 101 Å². The number of rotatable bonds is 4. The molecule has 4 N–H and O–H groups in total. The highest BCUT2D eigenvalue weighted by Crippen LogP contribution is 2.27. The second-order valence-corrected chi connectivity index (χ2v) is 3.04. The van der Waals surface area contributed by atoms with Gasteiger partial charge in [0.2, 0.25) is 5.71 Å². The molecule has 1 rings (SSSR count). The number of hydrogen-bond acceptors (Lipinski definition) is 5. The lowest BCUT2D eigenvalue weighted by molar-refractivity contribution is 0.385. The van der Waals surface area contributed by atoms with E-state index in [1.54, 1.807) is 0 Å². The molecule has 0 saturated heterocycles. The third-order valence-corrected chi connectivity index (χ3v) is 1.92. The first-order chi connectivity index (χ1) is 8.51. The topological polar surface area (TPSA) is 107 Å². The van der Waals surface area contributed by atoms with Crippen LogP contribution >= 0.6 is 0 Å². The van der Waals surface area contributed by atoms with E-state index in [2.05, 4.69) is 9.84 Å². The molecular formula is C10H9F2N5O. The fourth-order valence-electron chi connectivity index (χ4n) is 1.05. The summed E-state index contributed by atoms with van der Waals surface area (Å²) in [4.78, 5) is 0. The predicted octanol–water partition coefficient (Wildman–Crippen LogP) is 1.20. The predicted molar refractivity (Wildman–Crippen MR) is 61.5 cm³/mol. The molecule has 0 aliphatic rings. The molecule has 18 heavy (non-hydrogen) atoms. The molecule has 0 fully saturated rings. The maximum atomic E-state index is 13.6. The lowest BCUT2D eigenvalue weighted by Gasteiger charge is -2.08. The molecule has 8 heteroatoms. The lowest BCUT2D eigenvalue weighted by atomic mass is 10.2. The van der Waals surface area contributed by atoms with Crippen molar-refractivity contribution < 1.29 is 13.5 Å². The van der Waals surface area contributed by atoms with E-state index < -0.39 is 28.9 Å². The molecule has 0 atom stereocenters. The maximum absolute atomic E-state index is 13.6. The Morgan fingerprint density at radius 1 is 1.56 bits per heavy atom. The van der Waals surface area contributed by atoms with Gasteiger partial charge in [-0.05, 0) is 12.1 Å². The normalized spacial score (nSPS) is 10.7. The zero-order valence-corrected chi connectivity index (χ0v) is 9.29. The Bertz CT molecular complexity index is 550. The molecule has 0 heterocycles. The largest absolute Gasteiger partial charge is 0.494 e. The van der Waals surface area contributed by atoms with Crippen LogP contribution in [0.2, 0.25) is 0 Å². The van der Waals surface area contributed by atoms with Crippen LogP contribution in [0.3, 0.4) is 0 Å². The van der Waals surface area contributed by atoms with Crippen molar-refractivity contribution in [2.45, 2.75) is 0 Å². The average molecular weight is 253 g/mol. The SMILES string of the molecule is COc1ccc(F)c(N/N=C(\C#N)C(=N)N)c1F. The zero-order chi connectivity index (χ0) is 13.7. The van der Waals surface area contributed by atoms with Crippen LogP contribution in [0.4, 0.5) is 14.5 Å². The number of benzene rings is 1. The lowest BCUT2D eigenvalue weighted by Crippen LogP contribution is -2.22. The quantitative estimate of drug-likeness (QED) is 0.425. The molecule has 0 unspecified atom stereocenters. The standard InChI is InChI=1S/C10H9F2N5O/c1-18-7-3-2-5(11)9(8(7)12)17-16-6(4-13)10(14)15/h2-3,17H,1H3,(H3,14,15)/b16-6+. The van der Waals surface area contributed by atoms with E-state index in [0.29, 0.717) is 0 Å². The number of methoxy groups -OCH3 is 1. The summed E-state index contributed by atoms with van der Waals surface area (Å²) in [6, 6.07) is 3.58. The van der Waals surface area contributed by atoms with Crippen LogP contribution in [0.1, 0.15) is 0 Å². The molecule has 0 aliphatic carbocycles. The van der Waals surface area contributed by atoms with E-state index in [-0.39, 0.29) is 5.75 Å². The first kappa shape index (κ1) is 13.4.